The number of hydrogen-bond donors (Lipinski definition) is 4. The zero-order valence-electron chi connectivity index (χ0n) is 19.1. The molecule has 0 heterocycles. The van der Waals surface area contributed by atoms with E-state index in [1.165, 1.54) is 25.3 Å². The van der Waals surface area contributed by atoms with Crippen molar-refractivity contribution in [1.29, 1.82) is 0 Å². The van der Waals surface area contributed by atoms with E-state index in [4.69, 9.17) is 5.21 Å². The van der Waals surface area contributed by atoms with Crippen molar-refractivity contribution >= 4 is 35.5 Å². The highest BCUT2D eigenvalue weighted by Gasteiger charge is 2.09. The Morgan fingerprint density at radius 3 is 2.52 bits per heavy atom. The van der Waals surface area contributed by atoms with Crippen molar-refractivity contribution < 1.29 is 14.8 Å². The van der Waals surface area contributed by atoms with Gasteiger partial charge in [-0.15, -0.1) is 11.8 Å². The van der Waals surface area contributed by atoms with Gasteiger partial charge in [0.2, 0.25) is 0 Å². The number of hydroxylamine groups is 1. The summed E-state index contributed by atoms with van der Waals surface area (Å²) < 4.78 is 0. The van der Waals surface area contributed by atoms with E-state index < -0.39 is 5.91 Å². The second kappa shape index (κ2) is 16.6. The van der Waals surface area contributed by atoms with Crippen molar-refractivity contribution in [2.24, 2.45) is 0 Å². The molecule has 8 heteroatoms. The maximum Gasteiger partial charge on any atom is 0.319 e. The van der Waals surface area contributed by atoms with Crippen LogP contribution in [0.5, 0.6) is 0 Å². The summed E-state index contributed by atoms with van der Waals surface area (Å²) in [6.07, 6.45) is 8.55. The molecular formula is C23H38N4O3S. The largest absolute Gasteiger partial charge is 0.338 e. The van der Waals surface area contributed by atoms with Crippen molar-refractivity contribution in [3.05, 3.63) is 29.8 Å². The summed E-state index contributed by atoms with van der Waals surface area (Å²) in [6.45, 7) is 10.1. The van der Waals surface area contributed by atoms with E-state index in [1.54, 1.807) is 23.3 Å². The SMILES string of the molecule is CCCCCCCNC(=O)Nc1cc(/C=C/C(=O)NO)ccc1SCCN(CC)CC. The monoisotopic (exact) mass is 450 g/mol. The zero-order chi connectivity index (χ0) is 22.9. The molecule has 0 atom stereocenters. The van der Waals surface area contributed by atoms with E-state index in [1.807, 2.05) is 18.2 Å². The minimum Gasteiger partial charge on any atom is -0.338 e. The summed E-state index contributed by atoms with van der Waals surface area (Å²) in [5, 5.41) is 14.5. The number of nitrogens with one attached hydrogen (secondary N) is 3. The van der Waals surface area contributed by atoms with Gasteiger partial charge in [0, 0.05) is 29.8 Å². The van der Waals surface area contributed by atoms with Crippen LogP contribution in [0.1, 0.15) is 58.4 Å². The molecule has 174 valence electrons. The molecule has 1 aromatic rings. The van der Waals surface area contributed by atoms with Crippen LogP contribution < -0.4 is 16.1 Å². The summed E-state index contributed by atoms with van der Waals surface area (Å²) in [6, 6.07) is 5.44. The van der Waals surface area contributed by atoms with Gasteiger partial charge in [-0.2, -0.15) is 0 Å². The number of anilines is 1. The van der Waals surface area contributed by atoms with Crippen LogP contribution in [0.2, 0.25) is 0 Å². The second-order valence-electron chi connectivity index (χ2n) is 7.24. The lowest BCUT2D eigenvalue weighted by Crippen LogP contribution is -2.29. The van der Waals surface area contributed by atoms with Gasteiger partial charge < -0.3 is 15.5 Å². The summed E-state index contributed by atoms with van der Waals surface area (Å²) >= 11 is 1.70. The van der Waals surface area contributed by atoms with Crippen molar-refractivity contribution in [2.45, 2.75) is 57.8 Å². The van der Waals surface area contributed by atoms with Gasteiger partial charge in [-0.1, -0.05) is 52.5 Å². The number of nitrogens with zero attached hydrogens (tertiary/aromatic N) is 1. The van der Waals surface area contributed by atoms with Crippen LogP contribution in [0.15, 0.2) is 29.2 Å². The van der Waals surface area contributed by atoms with Crippen molar-refractivity contribution in [2.75, 3.05) is 37.2 Å². The molecule has 0 spiro atoms. The third-order valence-electron chi connectivity index (χ3n) is 4.91. The van der Waals surface area contributed by atoms with E-state index in [9.17, 15) is 9.59 Å². The fraction of sp³-hybridized carbons (Fsp3) is 0.565. The van der Waals surface area contributed by atoms with Crippen LogP contribution in [-0.2, 0) is 4.79 Å². The Kier molecular flexibility index (Phi) is 14.5. The molecule has 31 heavy (non-hydrogen) atoms. The van der Waals surface area contributed by atoms with E-state index in [-0.39, 0.29) is 6.03 Å². The van der Waals surface area contributed by atoms with Gasteiger partial charge in [0.15, 0.2) is 0 Å². The highest BCUT2D eigenvalue weighted by atomic mass is 32.2. The van der Waals surface area contributed by atoms with Crippen LogP contribution >= 0.6 is 11.8 Å². The van der Waals surface area contributed by atoms with E-state index >= 15 is 0 Å². The lowest BCUT2D eigenvalue weighted by atomic mass is 10.1. The Bertz CT molecular complexity index is 693. The highest BCUT2D eigenvalue weighted by molar-refractivity contribution is 7.99. The van der Waals surface area contributed by atoms with Crippen LogP contribution in [0.3, 0.4) is 0 Å². The van der Waals surface area contributed by atoms with E-state index in [0.29, 0.717) is 12.2 Å². The molecule has 1 rings (SSSR count). The molecule has 0 aliphatic carbocycles. The van der Waals surface area contributed by atoms with Gasteiger partial charge >= 0.3 is 6.03 Å². The third-order valence-corrected chi connectivity index (χ3v) is 5.97. The molecule has 4 N–H and O–H groups in total. The fourth-order valence-electron chi connectivity index (χ4n) is 3.01. The Morgan fingerprint density at radius 2 is 1.84 bits per heavy atom. The minimum absolute atomic E-state index is 0.227. The topological polar surface area (TPSA) is 93.7 Å². The number of urea groups is 1. The Balaban J connectivity index is 2.76. The maximum atomic E-state index is 12.4. The Labute approximate surface area is 191 Å². The summed E-state index contributed by atoms with van der Waals surface area (Å²) in [7, 11) is 0. The lowest BCUT2D eigenvalue weighted by Gasteiger charge is -2.18. The number of unbranched alkanes of at least 4 members (excludes halogenated alkanes) is 4. The standard InChI is InChI=1S/C23H38N4O3S/c1-4-7-8-9-10-15-24-23(29)25-20-18-19(12-14-22(28)26-30)11-13-21(20)31-17-16-27(5-2)6-3/h11-14,18,30H,4-10,15-17H2,1-3H3,(H,26,28)(H2,24,25,29)/b14-12+. The molecule has 0 aliphatic heterocycles. The van der Waals surface area contributed by atoms with Gasteiger partial charge in [-0.3, -0.25) is 10.0 Å². The summed E-state index contributed by atoms with van der Waals surface area (Å²) in [5.41, 5.74) is 3.03. The highest BCUT2D eigenvalue weighted by Crippen LogP contribution is 2.29. The van der Waals surface area contributed by atoms with Crippen LogP contribution in [0.25, 0.3) is 6.08 Å². The van der Waals surface area contributed by atoms with E-state index in [2.05, 4.69) is 36.3 Å². The molecule has 0 bridgehead atoms. The molecular weight excluding hydrogens is 412 g/mol. The minimum atomic E-state index is -0.604. The van der Waals surface area contributed by atoms with Gasteiger partial charge in [-0.25, -0.2) is 10.3 Å². The maximum absolute atomic E-state index is 12.4. The van der Waals surface area contributed by atoms with E-state index in [0.717, 1.165) is 48.7 Å². The quantitative estimate of drug-likeness (QED) is 0.102. The molecule has 3 amide bonds. The predicted molar refractivity (Wildman–Crippen MR) is 130 cm³/mol. The predicted octanol–water partition coefficient (Wildman–Crippen LogP) is 4.73. The number of thioether (sulfide) groups is 1. The fourth-order valence-corrected chi connectivity index (χ4v) is 4.00. The smallest absolute Gasteiger partial charge is 0.319 e. The number of amides is 3. The first-order valence-electron chi connectivity index (χ1n) is 11.2. The number of benzene rings is 1. The number of carbonyl (C=O) groups is 2. The number of hydrogen-bond acceptors (Lipinski definition) is 5. The molecule has 0 unspecified atom stereocenters. The molecule has 0 saturated heterocycles. The second-order valence-corrected chi connectivity index (χ2v) is 8.37. The average Bonchev–Trinajstić information content (AvgIpc) is 2.78. The first-order chi connectivity index (χ1) is 15.0. The van der Waals surface area contributed by atoms with Crippen LogP contribution in [0, 0.1) is 0 Å². The molecule has 0 aromatic heterocycles. The molecule has 7 nitrogen and oxygen atoms in total. The Hall–Kier alpha value is -2.03. The Morgan fingerprint density at radius 1 is 1.10 bits per heavy atom. The van der Waals surface area contributed by atoms with Crippen molar-refractivity contribution in [1.82, 2.24) is 15.7 Å². The molecule has 1 aromatic carbocycles. The number of rotatable bonds is 15. The summed E-state index contributed by atoms with van der Waals surface area (Å²) in [5.74, 6) is 0.310. The van der Waals surface area contributed by atoms with Gasteiger partial charge in [0.1, 0.15) is 0 Å². The van der Waals surface area contributed by atoms with Gasteiger partial charge in [-0.05, 0) is 43.3 Å². The van der Waals surface area contributed by atoms with Gasteiger partial charge in [0.25, 0.3) is 5.91 Å². The van der Waals surface area contributed by atoms with Crippen molar-refractivity contribution in [3.63, 3.8) is 0 Å². The van der Waals surface area contributed by atoms with Gasteiger partial charge in [0.05, 0.1) is 5.69 Å². The lowest BCUT2D eigenvalue weighted by molar-refractivity contribution is -0.124. The zero-order valence-corrected chi connectivity index (χ0v) is 19.9. The average molecular weight is 451 g/mol. The van der Waals surface area contributed by atoms with Crippen LogP contribution in [-0.4, -0.2) is 54.0 Å². The molecule has 0 saturated carbocycles. The third kappa shape index (κ3) is 11.8. The summed E-state index contributed by atoms with van der Waals surface area (Å²) in [4.78, 5) is 27.0. The molecule has 0 aliphatic rings. The molecule has 0 fully saturated rings. The van der Waals surface area contributed by atoms with Crippen LogP contribution in [0.4, 0.5) is 10.5 Å². The van der Waals surface area contributed by atoms with Crippen molar-refractivity contribution in [3.8, 4) is 0 Å². The first kappa shape index (κ1) is 27.0. The molecule has 0 radical (unpaired) electrons. The number of carbonyl (C=O) groups excluding carboxylic acids is 2. The first-order valence-corrected chi connectivity index (χ1v) is 12.2. The normalized spacial score (nSPS) is 11.1.